The zero-order chi connectivity index (χ0) is 10.3. The second kappa shape index (κ2) is 3.93. The number of rotatable bonds is 1. The molecule has 3 saturated carbocycles. The third-order valence-corrected chi connectivity index (χ3v) is 4.84. The number of allylic oxidation sites excluding steroid dienone is 1. The summed E-state index contributed by atoms with van der Waals surface area (Å²) >= 11 is 0. The molecule has 2 N–H and O–H groups in total. The van der Waals surface area contributed by atoms with Gasteiger partial charge in [-0.1, -0.05) is 18.1 Å². The van der Waals surface area contributed by atoms with Gasteiger partial charge < -0.3 is 5.73 Å². The first-order valence-electron chi connectivity index (χ1n) is 6.76. The Morgan fingerprint density at radius 3 is 2.73 bits per heavy atom. The molecule has 0 aliphatic heterocycles. The summed E-state index contributed by atoms with van der Waals surface area (Å²) in [6.45, 7) is 0. The first-order chi connectivity index (χ1) is 7.31. The normalized spacial score (nSPS) is 47.7. The summed E-state index contributed by atoms with van der Waals surface area (Å²) in [5.74, 6) is 3.05. The van der Waals surface area contributed by atoms with Crippen LogP contribution in [0.4, 0.5) is 0 Å². The molecule has 15 heavy (non-hydrogen) atoms. The first kappa shape index (κ1) is 9.89. The van der Waals surface area contributed by atoms with E-state index in [-0.39, 0.29) is 0 Å². The molecule has 0 spiro atoms. The fourth-order valence-electron chi connectivity index (χ4n) is 4.08. The lowest BCUT2D eigenvalue weighted by atomic mass is 9.83. The Labute approximate surface area is 93.1 Å². The topological polar surface area (TPSA) is 26.0 Å². The molecule has 0 saturated heterocycles. The van der Waals surface area contributed by atoms with E-state index in [1.165, 1.54) is 51.4 Å². The van der Waals surface area contributed by atoms with Crippen LogP contribution in [0.5, 0.6) is 0 Å². The van der Waals surface area contributed by atoms with Crippen molar-refractivity contribution in [3.05, 3.63) is 11.6 Å². The smallest absolute Gasteiger partial charge is 0.00761 e. The molecule has 0 heterocycles. The van der Waals surface area contributed by atoms with Crippen LogP contribution in [0.3, 0.4) is 0 Å². The van der Waals surface area contributed by atoms with Crippen LogP contribution >= 0.6 is 0 Å². The van der Waals surface area contributed by atoms with E-state index in [0.29, 0.717) is 6.04 Å². The van der Waals surface area contributed by atoms with E-state index in [1.807, 2.05) is 0 Å². The monoisotopic (exact) mass is 205 g/mol. The van der Waals surface area contributed by atoms with Gasteiger partial charge in [-0.25, -0.2) is 0 Å². The molecule has 3 fully saturated rings. The molecule has 3 rings (SSSR count). The lowest BCUT2D eigenvalue weighted by Gasteiger charge is -2.24. The zero-order valence-corrected chi connectivity index (χ0v) is 9.62. The van der Waals surface area contributed by atoms with Crippen molar-refractivity contribution in [2.75, 3.05) is 0 Å². The second-order valence-corrected chi connectivity index (χ2v) is 6.02. The largest absolute Gasteiger partial charge is 0.327 e. The van der Waals surface area contributed by atoms with Crippen LogP contribution in [0.2, 0.25) is 0 Å². The van der Waals surface area contributed by atoms with Crippen molar-refractivity contribution < 1.29 is 0 Å². The first-order valence-corrected chi connectivity index (χ1v) is 6.76. The summed E-state index contributed by atoms with van der Waals surface area (Å²) in [6.07, 6.45) is 13.8. The third-order valence-electron chi connectivity index (χ3n) is 4.84. The van der Waals surface area contributed by atoms with Crippen LogP contribution in [0, 0.1) is 17.8 Å². The van der Waals surface area contributed by atoms with Gasteiger partial charge in [0, 0.05) is 6.04 Å². The van der Waals surface area contributed by atoms with E-state index in [0.717, 1.165) is 17.8 Å². The van der Waals surface area contributed by atoms with E-state index in [4.69, 9.17) is 5.73 Å². The molecule has 2 bridgehead atoms. The standard InChI is InChI=1S/C14H23N/c15-14-3-1-2-10(9-14)7-13-8-11-4-5-12(13)6-11/h7,11-14H,1-6,8-9,15H2/b10-7-. The number of nitrogens with two attached hydrogens (primary N) is 1. The van der Waals surface area contributed by atoms with Gasteiger partial charge >= 0.3 is 0 Å². The van der Waals surface area contributed by atoms with E-state index >= 15 is 0 Å². The SMILES string of the molecule is NC1CCC/C(=C/C2CC3CCC2C3)C1. The minimum Gasteiger partial charge on any atom is -0.327 e. The number of hydrogen-bond donors (Lipinski definition) is 1. The molecule has 3 aliphatic carbocycles. The quantitative estimate of drug-likeness (QED) is 0.653. The molecular formula is C14H23N. The molecule has 1 heteroatoms. The Morgan fingerprint density at radius 2 is 2.07 bits per heavy atom. The van der Waals surface area contributed by atoms with Crippen molar-refractivity contribution in [1.82, 2.24) is 0 Å². The van der Waals surface area contributed by atoms with Crippen molar-refractivity contribution in [3.63, 3.8) is 0 Å². The summed E-state index contributed by atoms with van der Waals surface area (Å²) in [4.78, 5) is 0. The number of fused-ring (bicyclic) bond motifs is 2. The summed E-state index contributed by atoms with van der Waals surface area (Å²) in [6, 6.07) is 0.462. The molecule has 3 aliphatic rings. The Balaban J connectivity index is 1.65. The van der Waals surface area contributed by atoms with Crippen molar-refractivity contribution in [2.45, 2.75) is 57.4 Å². The fourth-order valence-corrected chi connectivity index (χ4v) is 4.08. The fraction of sp³-hybridized carbons (Fsp3) is 0.857. The van der Waals surface area contributed by atoms with Gasteiger partial charge in [-0.05, 0) is 62.7 Å². The second-order valence-electron chi connectivity index (χ2n) is 6.02. The van der Waals surface area contributed by atoms with Crippen molar-refractivity contribution >= 4 is 0 Å². The Hall–Kier alpha value is -0.300. The molecule has 0 amide bonds. The average molecular weight is 205 g/mol. The molecule has 4 unspecified atom stereocenters. The highest BCUT2D eigenvalue weighted by molar-refractivity contribution is 5.12. The van der Waals surface area contributed by atoms with E-state index in [2.05, 4.69) is 6.08 Å². The molecule has 0 aromatic carbocycles. The molecule has 0 aromatic heterocycles. The van der Waals surface area contributed by atoms with Crippen LogP contribution in [-0.4, -0.2) is 6.04 Å². The highest BCUT2D eigenvalue weighted by Crippen LogP contribution is 2.49. The third kappa shape index (κ3) is 1.99. The summed E-state index contributed by atoms with van der Waals surface area (Å²) in [5, 5.41) is 0. The maximum Gasteiger partial charge on any atom is 0.00761 e. The predicted molar refractivity (Wildman–Crippen MR) is 63.5 cm³/mol. The van der Waals surface area contributed by atoms with Gasteiger partial charge in [0.2, 0.25) is 0 Å². The molecule has 0 aromatic rings. The maximum absolute atomic E-state index is 6.03. The Bertz CT molecular complexity index is 269. The van der Waals surface area contributed by atoms with Crippen LogP contribution in [-0.2, 0) is 0 Å². The zero-order valence-electron chi connectivity index (χ0n) is 9.62. The van der Waals surface area contributed by atoms with Crippen molar-refractivity contribution in [2.24, 2.45) is 23.5 Å². The molecular weight excluding hydrogens is 182 g/mol. The maximum atomic E-state index is 6.03. The lowest BCUT2D eigenvalue weighted by Crippen LogP contribution is -2.24. The Morgan fingerprint density at radius 1 is 1.13 bits per heavy atom. The Kier molecular flexibility index (Phi) is 2.59. The van der Waals surface area contributed by atoms with E-state index < -0.39 is 0 Å². The molecule has 84 valence electrons. The van der Waals surface area contributed by atoms with Crippen molar-refractivity contribution in [1.29, 1.82) is 0 Å². The van der Waals surface area contributed by atoms with Gasteiger partial charge in [0.1, 0.15) is 0 Å². The van der Waals surface area contributed by atoms with Gasteiger partial charge in [0.15, 0.2) is 0 Å². The van der Waals surface area contributed by atoms with Crippen molar-refractivity contribution in [3.8, 4) is 0 Å². The summed E-state index contributed by atoms with van der Waals surface area (Å²) < 4.78 is 0. The number of hydrogen-bond acceptors (Lipinski definition) is 1. The van der Waals surface area contributed by atoms with Gasteiger partial charge in [-0.15, -0.1) is 0 Å². The van der Waals surface area contributed by atoms with Gasteiger partial charge in [0.05, 0.1) is 0 Å². The van der Waals surface area contributed by atoms with Crippen LogP contribution in [0.15, 0.2) is 11.6 Å². The molecule has 0 radical (unpaired) electrons. The average Bonchev–Trinajstić information content (AvgIpc) is 2.79. The van der Waals surface area contributed by atoms with E-state index in [1.54, 1.807) is 5.57 Å². The highest BCUT2D eigenvalue weighted by Gasteiger charge is 2.38. The minimum absolute atomic E-state index is 0.462. The highest BCUT2D eigenvalue weighted by atomic mass is 14.6. The summed E-state index contributed by atoms with van der Waals surface area (Å²) in [5.41, 5.74) is 7.72. The van der Waals surface area contributed by atoms with Crippen LogP contribution in [0.1, 0.15) is 51.4 Å². The van der Waals surface area contributed by atoms with Crippen LogP contribution < -0.4 is 5.73 Å². The van der Waals surface area contributed by atoms with Gasteiger partial charge in [-0.3, -0.25) is 0 Å². The lowest BCUT2D eigenvalue weighted by molar-refractivity contribution is 0.388. The van der Waals surface area contributed by atoms with Gasteiger partial charge in [0.25, 0.3) is 0 Å². The summed E-state index contributed by atoms with van der Waals surface area (Å²) in [7, 11) is 0. The van der Waals surface area contributed by atoms with Gasteiger partial charge in [-0.2, -0.15) is 0 Å². The predicted octanol–water partition coefficient (Wildman–Crippen LogP) is 3.25. The minimum atomic E-state index is 0.462. The molecule has 1 nitrogen and oxygen atoms in total. The van der Waals surface area contributed by atoms with Crippen LogP contribution in [0.25, 0.3) is 0 Å². The molecule has 4 atom stereocenters. The van der Waals surface area contributed by atoms with E-state index in [9.17, 15) is 0 Å².